The number of thioether (sulfide) groups is 1. The van der Waals surface area contributed by atoms with Crippen LogP contribution in [0.2, 0.25) is 0 Å². The smallest absolute Gasteiger partial charge is 0.409 e. The molecule has 1 rings (SSSR count). The molecule has 76 valence electrons. The van der Waals surface area contributed by atoms with Gasteiger partial charge in [0.25, 0.3) is 0 Å². The van der Waals surface area contributed by atoms with E-state index in [1.54, 1.807) is 4.90 Å². The molecular weight excluding hydrogens is 186 g/mol. The Morgan fingerprint density at radius 3 is 2.46 bits per heavy atom. The highest BCUT2D eigenvalue weighted by Crippen LogP contribution is 2.24. The van der Waals surface area contributed by atoms with E-state index in [2.05, 4.69) is 13.8 Å². The van der Waals surface area contributed by atoms with E-state index in [-0.39, 0.29) is 6.09 Å². The predicted octanol–water partition coefficient (Wildman–Crippen LogP) is 1.97. The van der Waals surface area contributed by atoms with Crippen molar-refractivity contribution < 1.29 is 9.53 Å². The summed E-state index contributed by atoms with van der Waals surface area (Å²) in [6, 6.07) is 0. The van der Waals surface area contributed by atoms with Gasteiger partial charge in [0.05, 0.1) is 6.61 Å². The first-order valence-electron chi connectivity index (χ1n) is 4.70. The van der Waals surface area contributed by atoms with Crippen molar-refractivity contribution in [2.45, 2.75) is 31.3 Å². The van der Waals surface area contributed by atoms with Crippen molar-refractivity contribution in [2.75, 3.05) is 19.7 Å². The van der Waals surface area contributed by atoms with Crippen LogP contribution in [0.3, 0.4) is 0 Å². The van der Waals surface area contributed by atoms with Crippen LogP contribution < -0.4 is 0 Å². The highest BCUT2D eigenvalue weighted by Gasteiger charge is 2.26. The maximum absolute atomic E-state index is 11.4. The highest BCUT2D eigenvalue weighted by atomic mass is 32.2. The summed E-state index contributed by atoms with van der Waals surface area (Å²) < 4.78 is 4.96. The molecule has 13 heavy (non-hydrogen) atoms. The molecule has 1 aliphatic heterocycles. The number of hydrogen-bond donors (Lipinski definition) is 0. The third-order valence-electron chi connectivity index (χ3n) is 1.95. The molecule has 3 nitrogen and oxygen atoms in total. The van der Waals surface area contributed by atoms with Gasteiger partial charge in [0.15, 0.2) is 0 Å². The molecule has 0 bridgehead atoms. The summed E-state index contributed by atoms with van der Waals surface area (Å²) >= 11 is 1.93. The highest BCUT2D eigenvalue weighted by molar-refractivity contribution is 8.00. The average Bonchev–Trinajstić information content (AvgIpc) is 2.03. The lowest BCUT2D eigenvalue weighted by Gasteiger charge is -2.33. The zero-order valence-electron chi connectivity index (χ0n) is 8.45. The molecule has 2 unspecified atom stereocenters. The van der Waals surface area contributed by atoms with Crippen LogP contribution in [0.4, 0.5) is 4.79 Å². The topological polar surface area (TPSA) is 29.5 Å². The minimum atomic E-state index is -0.165. The van der Waals surface area contributed by atoms with Crippen LogP contribution in [0, 0.1) is 0 Å². The maximum Gasteiger partial charge on any atom is 0.409 e. The van der Waals surface area contributed by atoms with Crippen molar-refractivity contribution in [3.8, 4) is 0 Å². The van der Waals surface area contributed by atoms with Gasteiger partial charge >= 0.3 is 6.09 Å². The van der Waals surface area contributed by atoms with Crippen molar-refractivity contribution in [1.82, 2.24) is 4.90 Å². The number of hydrogen-bond acceptors (Lipinski definition) is 3. The molecule has 0 aromatic heterocycles. The lowest BCUT2D eigenvalue weighted by Crippen LogP contribution is -2.44. The SMILES string of the molecule is CCOC(=O)N1CC(C)SC(C)C1. The second-order valence-electron chi connectivity index (χ2n) is 3.36. The first-order chi connectivity index (χ1) is 6.13. The van der Waals surface area contributed by atoms with Gasteiger partial charge in [-0.3, -0.25) is 0 Å². The largest absolute Gasteiger partial charge is 0.450 e. The molecule has 1 heterocycles. The van der Waals surface area contributed by atoms with Gasteiger partial charge in [0, 0.05) is 23.6 Å². The normalized spacial score (nSPS) is 28.7. The van der Waals surface area contributed by atoms with Crippen LogP contribution in [0.15, 0.2) is 0 Å². The van der Waals surface area contributed by atoms with Gasteiger partial charge in [0.1, 0.15) is 0 Å². The van der Waals surface area contributed by atoms with Gasteiger partial charge in [-0.25, -0.2) is 4.79 Å². The summed E-state index contributed by atoms with van der Waals surface area (Å²) in [5.41, 5.74) is 0. The zero-order chi connectivity index (χ0) is 9.84. The number of amides is 1. The molecule has 0 spiro atoms. The predicted molar refractivity (Wildman–Crippen MR) is 55.1 cm³/mol. The van der Waals surface area contributed by atoms with E-state index >= 15 is 0 Å². The van der Waals surface area contributed by atoms with Crippen molar-refractivity contribution >= 4 is 17.9 Å². The summed E-state index contributed by atoms with van der Waals surface area (Å²) in [5, 5.41) is 1.04. The minimum absolute atomic E-state index is 0.165. The Balaban J connectivity index is 2.45. The number of ether oxygens (including phenoxy) is 1. The molecule has 0 saturated carbocycles. The molecule has 0 radical (unpaired) electrons. The number of carbonyl (C=O) groups is 1. The molecule has 1 fully saturated rings. The van der Waals surface area contributed by atoms with E-state index in [0.29, 0.717) is 17.1 Å². The Kier molecular flexibility index (Phi) is 3.90. The number of nitrogens with zero attached hydrogens (tertiary/aromatic N) is 1. The summed E-state index contributed by atoms with van der Waals surface area (Å²) in [7, 11) is 0. The van der Waals surface area contributed by atoms with Gasteiger partial charge in [-0.2, -0.15) is 11.8 Å². The molecule has 0 N–H and O–H groups in total. The molecule has 1 amide bonds. The van der Waals surface area contributed by atoms with E-state index < -0.39 is 0 Å². The molecule has 0 aliphatic carbocycles. The standard InChI is InChI=1S/C9H17NO2S/c1-4-12-9(11)10-5-7(2)13-8(3)6-10/h7-8H,4-6H2,1-3H3. The molecule has 1 aliphatic rings. The van der Waals surface area contributed by atoms with Crippen molar-refractivity contribution in [3.05, 3.63) is 0 Å². The number of carbonyl (C=O) groups excluding carboxylic acids is 1. The first-order valence-corrected chi connectivity index (χ1v) is 5.65. The van der Waals surface area contributed by atoms with Crippen LogP contribution in [0.5, 0.6) is 0 Å². The van der Waals surface area contributed by atoms with Gasteiger partial charge in [0.2, 0.25) is 0 Å². The van der Waals surface area contributed by atoms with Gasteiger partial charge in [-0.15, -0.1) is 0 Å². The van der Waals surface area contributed by atoms with E-state index in [0.717, 1.165) is 13.1 Å². The van der Waals surface area contributed by atoms with E-state index in [4.69, 9.17) is 4.74 Å². The molecule has 2 atom stereocenters. The Labute approximate surface area is 83.8 Å². The maximum atomic E-state index is 11.4. The Bertz CT molecular complexity index is 176. The van der Waals surface area contributed by atoms with Gasteiger partial charge in [-0.05, 0) is 6.92 Å². The van der Waals surface area contributed by atoms with Crippen LogP contribution in [0.1, 0.15) is 20.8 Å². The van der Waals surface area contributed by atoms with Crippen LogP contribution >= 0.6 is 11.8 Å². The Morgan fingerprint density at radius 2 is 2.00 bits per heavy atom. The van der Waals surface area contributed by atoms with Gasteiger partial charge in [-0.1, -0.05) is 13.8 Å². The Morgan fingerprint density at radius 1 is 1.46 bits per heavy atom. The summed E-state index contributed by atoms with van der Waals surface area (Å²) in [6.45, 7) is 8.22. The van der Waals surface area contributed by atoms with Gasteiger partial charge < -0.3 is 9.64 Å². The van der Waals surface area contributed by atoms with E-state index in [1.165, 1.54) is 0 Å². The summed E-state index contributed by atoms with van der Waals surface area (Å²) in [6.07, 6.45) is -0.165. The van der Waals surface area contributed by atoms with E-state index in [9.17, 15) is 4.79 Å². The third kappa shape index (κ3) is 3.10. The summed E-state index contributed by atoms with van der Waals surface area (Å²) in [4.78, 5) is 13.2. The lowest BCUT2D eigenvalue weighted by molar-refractivity contribution is 0.106. The minimum Gasteiger partial charge on any atom is -0.450 e. The quantitative estimate of drug-likeness (QED) is 0.652. The second-order valence-corrected chi connectivity index (χ2v) is 5.24. The van der Waals surface area contributed by atoms with E-state index in [1.807, 2.05) is 18.7 Å². The Hall–Kier alpha value is -0.380. The lowest BCUT2D eigenvalue weighted by atomic mass is 10.3. The van der Waals surface area contributed by atoms with Crippen molar-refractivity contribution in [3.63, 3.8) is 0 Å². The van der Waals surface area contributed by atoms with Crippen molar-refractivity contribution in [1.29, 1.82) is 0 Å². The summed E-state index contributed by atoms with van der Waals surface area (Å²) in [5.74, 6) is 0. The fourth-order valence-electron chi connectivity index (χ4n) is 1.54. The van der Waals surface area contributed by atoms with Crippen LogP contribution in [-0.4, -0.2) is 41.2 Å². The van der Waals surface area contributed by atoms with Crippen LogP contribution in [0.25, 0.3) is 0 Å². The molecule has 0 aromatic carbocycles. The average molecular weight is 203 g/mol. The molecule has 0 aromatic rings. The fourth-order valence-corrected chi connectivity index (χ4v) is 2.87. The monoisotopic (exact) mass is 203 g/mol. The second kappa shape index (κ2) is 4.74. The van der Waals surface area contributed by atoms with Crippen molar-refractivity contribution in [2.24, 2.45) is 0 Å². The molecule has 4 heteroatoms. The third-order valence-corrected chi connectivity index (χ3v) is 3.17. The van der Waals surface area contributed by atoms with Crippen LogP contribution in [-0.2, 0) is 4.74 Å². The first kappa shape index (κ1) is 10.7. The molecular formula is C9H17NO2S. The fraction of sp³-hybridized carbons (Fsp3) is 0.889. The molecule has 1 saturated heterocycles. The number of rotatable bonds is 1. The zero-order valence-corrected chi connectivity index (χ0v) is 9.26.